The van der Waals surface area contributed by atoms with Crippen molar-refractivity contribution in [3.05, 3.63) is 79.0 Å². The molecule has 5 rings (SSSR count). The van der Waals surface area contributed by atoms with E-state index in [1.165, 1.54) is 0 Å². The summed E-state index contributed by atoms with van der Waals surface area (Å²) in [5.74, 6) is 0. The van der Waals surface area contributed by atoms with E-state index < -0.39 is 0 Å². The Morgan fingerprint density at radius 3 is 2.26 bits per heavy atom. The number of benzene rings is 3. The quantitative estimate of drug-likeness (QED) is 0.390. The molecule has 2 heteroatoms. The molecule has 2 nitrogen and oxygen atoms in total. The summed E-state index contributed by atoms with van der Waals surface area (Å²) in [5, 5.41) is 4.53. The minimum Gasteiger partial charge on any atom is -0.455 e. The zero-order valence-electron chi connectivity index (χ0n) is 12.4. The number of pyridine rings is 1. The van der Waals surface area contributed by atoms with Gasteiger partial charge in [-0.2, -0.15) is 0 Å². The zero-order chi connectivity index (χ0) is 15.2. The van der Waals surface area contributed by atoms with Gasteiger partial charge in [-0.15, -0.1) is 0 Å². The fourth-order valence-corrected chi connectivity index (χ4v) is 3.26. The van der Waals surface area contributed by atoms with E-state index in [4.69, 9.17) is 4.42 Å². The molecule has 0 spiro atoms. The highest BCUT2D eigenvalue weighted by Crippen LogP contribution is 2.36. The summed E-state index contributed by atoms with van der Waals surface area (Å²) in [6.07, 6.45) is 1.86. The normalized spacial score (nSPS) is 11.5. The SMILES string of the molecule is c1ccc(-c2nccc3c2ccc2c4ccccc4oc32)cc1. The van der Waals surface area contributed by atoms with E-state index in [0.717, 1.165) is 44.0 Å². The Balaban J connectivity index is 1.92. The second-order valence-corrected chi connectivity index (χ2v) is 5.66. The molecule has 0 amide bonds. The van der Waals surface area contributed by atoms with Crippen LogP contribution in [-0.2, 0) is 0 Å². The Morgan fingerprint density at radius 1 is 0.609 bits per heavy atom. The van der Waals surface area contributed by atoms with Crippen LogP contribution in [-0.4, -0.2) is 4.98 Å². The minimum absolute atomic E-state index is 0.924. The molecule has 3 aromatic carbocycles. The average Bonchev–Trinajstić information content (AvgIpc) is 3.01. The lowest BCUT2D eigenvalue weighted by Crippen LogP contribution is -1.85. The molecule has 0 N–H and O–H groups in total. The third-order valence-corrected chi connectivity index (χ3v) is 4.33. The van der Waals surface area contributed by atoms with Crippen LogP contribution in [0.2, 0.25) is 0 Å². The Labute approximate surface area is 133 Å². The van der Waals surface area contributed by atoms with Crippen LogP contribution < -0.4 is 0 Å². The number of fused-ring (bicyclic) bond motifs is 5. The summed E-state index contributed by atoms with van der Waals surface area (Å²) >= 11 is 0. The highest BCUT2D eigenvalue weighted by atomic mass is 16.3. The Morgan fingerprint density at radius 2 is 1.35 bits per heavy atom. The van der Waals surface area contributed by atoms with Crippen molar-refractivity contribution in [2.75, 3.05) is 0 Å². The van der Waals surface area contributed by atoms with E-state index in [2.05, 4.69) is 35.3 Å². The van der Waals surface area contributed by atoms with Crippen LogP contribution >= 0.6 is 0 Å². The van der Waals surface area contributed by atoms with Crippen molar-refractivity contribution in [2.24, 2.45) is 0 Å². The van der Waals surface area contributed by atoms with E-state index in [1.807, 2.05) is 48.7 Å². The van der Waals surface area contributed by atoms with Crippen LogP contribution in [0.25, 0.3) is 44.0 Å². The van der Waals surface area contributed by atoms with Crippen LogP contribution in [0.15, 0.2) is 83.4 Å². The Bertz CT molecular complexity index is 1160. The van der Waals surface area contributed by atoms with Gasteiger partial charge in [-0.05, 0) is 18.2 Å². The lowest BCUT2D eigenvalue weighted by molar-refractivity contribution is 0.672. The fourth-order valence-electron chi connectivity index (χ4n) is 3.26. The van der Waals surface area contributed by atoms with Gasteiger partial charge in [-0.3, -0.25) is 4.98 Å². The van der Waals surface area contributed by atoms with Gasteiger partial charge in [-0.1, -0.05) is 54.6 Å². The number of para-hydroxylation sites is 1. The smallest absolute Gasteiger partial charge is 0.143 e. The van der Waals surface area contributed by atoms with Crippen LogP contribution in [0.1, 0.15) is 0 Å². The molecule has 0 bridgehead atoms. The minimum atomic E-state index is 0.924. The molecule has 0 aliphatic rings. The predicted molar refractivity (Wildman–Crippen MR) is 94.5 cm³/mol. The van der Waals surface area contributed by atoms with Crippen molar-refractivity contribution < 1.29 is 4.42 Å². The van der Waals surface area contributed by atoms with Gasteiger partial charge in [0.15, 0.2) is 0 Å². The van der Waals surface area contributed by atoms with Crippen LogP contribution in [0.5, 0.6) is 0 Å². The third kappa shape index (κ3) is 1.78. The molecule has 5 aromatic rings. The predicted octanol–water partition coefficient (Wildman–Crippen LogP) is 5.80. The van der Waals surface area contributed by atoms with Crippen molar-refractivity contribution in [1.82, 2.24) is 4.98 Å². The summed E-state index contributed by atoms with van der Waals surface area (Å²) in [6.45, 7) is 0. The number of hydrogen-bond acceptors (Lipinski definition) is 2. The second kappa shape index (κ2) is 4.68. The first-order valence-corrected chi connectivity index (χ1v) is 7.66. The number of aromatic nitrogens is 1. The van der Waals surface area contributed by atoms with Gasteiger partial charge in [-0.25, -0.2) is 0 Å². The molecule has 23 heavy (non-hydrogen) atoms. The van der Waals surface area contributed by atoms with Gasteiger partial charge in [0.1, 0.15) is 11.2 Å². The standard InChI is InChI=1S/C21H13NO/c1-2-6-14(7-3-1)20-16-10-11-17-15-8-4-5-9-19(15)23-21(17)18(16)12-13-22-20/h1-13H. The Kier molecular flexibility index (Phi) is 2.53. The molecule has 0 radical (unpaired) electrons. The molecule has 0 aliphatic heterocycles. The first-order chi connectivity index (χ1) is 11.4. The van der Waals surface area contributed by atoms with E-state index in [1.54, 1.807) is 0 Å². The lowest BCUT2D eigenvalue weighted by atomic mass is 10.0. The van der Waals surface area contributed by atoms with E-state index in [0.29, 0.717) is 0 Å². The molecule has 0 saturated heterocycles. The van der Waals surface area contributed by atoms with Crippen molar-refractivity contribution in [1.29, 1.82) is 0 Å². The maximum absolute atomic E-state index is 6.13. The molecule has 0 atom stereocenters. The highest BCUT2D eigenvalue weighted by Gasteiger charge is 2.12. The average molecular weight is 295 g/mol. The summed E-state index contributed by atoms with van der Waals surface area (Å²) in [4.78, 5) is 4.60. The number of furan rings is 1. The van der Waals surface area contributed by atoms with Crippen LogP contribution in [0.3, 0.4) is 0 Å². The van der Waals surface area contributed by atoms with Gasteiger partial charge < -0.3 is 4.42 Å². The summed E-state index contributed by atoms with van der Waals surface area (Å²) < 4.78 is 6.13. The molecule has 0 unspecified atom stereocenters. The number of rotatable bonds is 1. The van der Waals surface area contributed by atoms with Crippen molar-refractivity contribution >= 4 is 32.7 Å². The third-order valence-electron chi connectivity index (χ3n) is 4.33. The van der Waals surface area contributed by atoms with Gasteiger partial charge in [0, 0.05) is 33.3 Å². The molecule has 0 saturated carbocycles. The summed E-state index contributed by atoms with van der Waals surface area (Å²) in [6, 6.07) is 24.8. The molecule has 108 valence electrons. The Hall–Kier alpha value is -3.13. The fraction of sp³-hybridized carbons (Fsp3) is 0. The monoisotopic (exact) mass is 295 g/mol. The van der Waals surface area contributed by atoms with E-state index in [-0.39, 0.29) is 0 Å². The number of nitrogens with zero attached hydrogens (tertiary/aromatic N) is 1. The van der Waals surface area contributed by atoms with Gasteiger partial charge in [0.2, 0.25) is 0 Å². The first kappa shape index (κ1) is 12.4. The van der Waals surface area contributed by atoms with Gasteiger partial charge in [0.25, 0.3) is 0 Å². The topological polar surface area (TPSA) is 26.0 Å². The number of hydrogen-bond donors (Lipinski definition) is 0. The molecule has 0 fully saturated rings. The van der Waals surface area contributed by atoms with Gasteiger partial charge in [0.05, 0.1) is 5.69 Å². The van der Waals surface area contributed by atoms with E-state index in [9.17, 15) is 0 Å². The molecule has 2 aromatic heterocycles. The van der Waals surface area contributed by atoms with Gasteiger partial charge >= 0.3 is 0 Å². The molecule has 0 aliphatic carbocycles. The maximum atomic E-state index is 6.13. The van der Waals surface area contributed by atoms with Crippen LogP contribution in [0.4, 0.5) is 0 Å². The van der Waals surface area contributed by atoms with Crippen LogP contribution in [0, 0.1) is 0 Å². The summed E-state index contributed by atoms with van der Waals surface area (Å²) in [7, 11) is 0. The highest BCUT2D eigenvalue weighted by molar-refractivity contribution is 6.16. The first-order valence-electron chi connectivity index (χ1n) is 7.66. The summed E-state index contributed by atoms with van der Waals surface area (Å²) in [5.41, 5.74) is 3.97. The van der Waals surface area contributed by atoms with E-state index >= 15 is 0 Å². The second-order valence-electron chi connectivity index (χ2n) is 5.66. The lowest BCUT2D eigenvalue weighted by Gasteiger charge is -2.06. The zero-order valence-corrected chi connectivity index (χ0v) is 12.4. The molecule has 2 heterocycles. The van der Waals surface area contributed by atoms with Crippen molar-refractivity contribution in [3.63, 3.8) is 0 Å². The molecular weight excluding hydrogens is 282 g/mol. The molecular formula is C21H13NO. The van der Waals surface area contributed by atoms with Crippen molar-refractivity contribution in [3.8, 4) is 11.3 Å². The maximum Gasteiger partial charge on any atom is 0.143 e. The largest absolute Gasteiger partial charge is 0.455 e. The van der Waals surface area contributed by atoms with Crippen molar-refractivity contribution in [2.45, 2.75) is 0 Å².